The third-order valence-electron chi connectivity index (χ3n) is 5.80. The number of anilines is 1. The molecule has 4 heterocycles. The fraction of sp³-hybridized carbons (Fsp3) is 0.348. The fourth-order valence-corrected chi connectivity index (χ4v) is 3.96. The number of likely N-dealkylation sites (tertiary alicyclic amines) is 1. The van der Waals surface area contributed by atoms with E-state index in [1.807, 2.05) is 0 Å². The first kappa shape index (κ1) is 22.6. The molecule has 2 aromatic rings. The Kier molecular flexibility index (Phi) is 6.26. The predicted octanol–water partition coefficient (Wildman–Crippen LogP) is 3.71. The van der Waals surface area contributed by atoms with Crippen LogP contribution in [0.1, 0.15) is 36.9 Å². The number of nitrogens with one attached hydrogen (secondary N) is 1. The van der Waals surface area contributed by atoms with Gasteiger partial charge in [-0.1, -0.05) is 6.07 Å². The minimum absolute atomic E-state index is 0.0142. The Balaban J connectivity index is 1.47. The lowest BCUT2D eigenvalue weighted by Crippen LogP contribution is -2.40. The lowest BCUT2D eigenvalue weighted by atomic mass is 9.96. The minimum Gasteiger partial charge on any atom is -0.343 e. The first-order chi connectivity index (χ1) is 15.7. The van der Waals surface area contributed by atoms with E-state index in [2.05, 4.69) is 20.3 Å². The molecule has 1 unspecified atom stereocenters. The van der Waals surface area contributed by atoms with E-state index < -0.39 is 17.8 Å². The smallest absolute Gasteiger partial charge is 0.343 e. The van der Waals surface area contributed by atoms with Crippen molar-refractivity contribution in [2.45, 2.75) is 32.0 Å². The molecule has 2 aliphatic heterocycles. The first-order valence-corrected chi connectivity index (χ1v) is 10.5. The molecule has 2 amide bonds. The van der Waals surface area contributed by atoms with Crippen LogP contribution in [0.3, 0.4) is 0 Å². The highest BCUT2D eigenvalue weighted by Gasteiger charge is 2.42. The van der Waals surface area contributed by atoms with Gasteiger partial charge in [0.25, 0.3) is 0 Å². The summed E-state index contributed by atoms with van der Waals surface area (Å²) in [5.74, 6) is -0.222. The van der Waals surface area contributed by atoms with E-state index in [0.717, 1.165) is 6.08 Å². The van der Waals surface area contributed by atoms with E-state index in [0.29, 0.717) is 31.5 Å². The fourth-order valence-electron chi connectivity index (χ4n) is 3.96. The van der Waals surface area contributed by atoms with Gasteiger partial charge in [0, 0.05) is 50.1 Å². The van der Waals surface area contributed by atoms with Crippen LogP contribution in [0.5, 0.6) is 0 Å². The molecule has 4 rings (SSSR count). The van der Waals surface area contributed by atoms with Gasteiger partial charge in [0.2, 0.25) is 11.8 Å². The summed E-state index contributed by atoms with van der Waals surface area (Å²) in [4.78, 5) is 38.0. The summed E-state index contributed by atoms with van der Waals surface area (Å²) in [6, 6.07) is 5.00. The molecule has 1 saturated heterocycles. The summed E-state index contributed by atoms with van der Waals surface area (Å²) in [7, 11) is 0. The number of allylic oxidation sites excluding steroid dienone is 1. The molecular formula is C23H22F3N5O2. The lowest BCUT2D eigenvalue weighted by molar-refractivity contribution is -0.132. The van der Waals surface area contributed by atoms with Crippen molar-refractivity contribution in [1.82, 2.24) is 14.9 Å². The highest BCUT2D eigenvalue weighted by Crippen LogP contribution is 2.41. The third-order valence-corrected chi connectivity index (χ3v) is 5.80. The van der Waals surface area contributed by atoms with Crippen LogP contribution in [0.15, 0.2) is 59.5 Å². The summed E-state index contributed by atoms with van der Waals surface area (Å²) in [5.41, 5.74) is 0.187. The summed E-state index contributed by atoms with van der Waals surface area (Å²) in [6.07, 6.45) is 1.88. The maximum Gasteiger partial charge on any atom is 0.415 e. The number of carbonyl (C=O) groups is 2. The molecule has 2 aromatic heterocycles. The number of aromatic nitrogens is 2. The summed E-state index contributed by atoms with van der Waals surface area (Å²) in [5, 5.41) is 2.72. The molecular weight excluding hydrogens is 435 g/mol. The van der Waals surface area contributed by atoms with Crippen LogP contribution >= 0.6 is 0 Å². The van der Waals surface area contributed by atoms with Crippen molar-refractivity contribution < 1.29 is 22.8 Å². The molecule has 10 heteroatoms. The van der Waals surface area contributed by atoms with Gasteiger partial charge in [-0.25, -0.2) is 4.98 Å². The highest BCUT2D eigenvalue weighted by atomic mass is 19.4. The van der Waals surface area contributed by atoms with Gasteiger partial charge >= 0.3 is 6.18 Å². The number of amides is 2. The molecule has 7 nitrogen and oxygen atoms in total. The zero-order valence-electron chi connectivity index (χ0n) is 17.8. The normalized spacial score (nSPS) is 19.2. The van der Waals surface area contributed by atoms with Crippen molar-refractivity contribution in [1.29, 1.82) is 0 Å². The molecule has 1 N–H and O–H groups in total. The number of carbonyl (C=O) groups excluding carboxylic acids is 2. The number of hydrogen-bond acceptors (Lipinski definition) is 5. The number of pyridine rings is 2. The van der Waals surface area contributed by atoms with Gasteiger partial charge < -0.3 is 10.2 Å². The Labute approximate surface area is 188 Å². The van der Waals surface area contributed by atoms with E-state index >= 15 is 0 Å². The third kappa shape index (κ3) is 5.10. The molecule has 0 spiro atoms. The predicted molar refractivity (Wildman–Crippen MR) is 115 cm³/mol. The van der Waals surface area contributed by atoms with Crippen LogP contribution < -0.4 is 5.32 Å². The van der Waals surface area contributed by atoms with Crippen molar-refractivity contribution >= 4 is 23.3 Å². The lowest BCUT2D eigenvalue weighted by Gasteiger charge is -2.30. The Morgan fingerprint density at radius 2 is 1.88 bits per heavy atom. The molecule has 33 heavy (non-hydrogen) atoms. The Morgan fingerprint density at radius 1 is 1.12 bits per heavy atom. The number of aliphatic imine (C=N–C) groups is 1. The molecule has 172 valence electrons. The molecule has 0 saturated carbocycles. The van der Waals surface area contributed by atoms with Crippen LogP contribution in [0.4, 0.5) is 19.0 Å². The molecule has 1 fully saturated rings. The van der Waals surface area contributed by atoms with Gasteiger partial charge in [-0.15, -0.1) is 0 Å². The number of rotatable bonds is 4. The van der Waals surface area contributed by atoms with Crippen LogP contribution in [-0.4, -0.2) is 51.7 Å². The number of alkyl halides is 3. The van der Waals surface area contributed by atoms with E-state index in [-0.39, 0.29) is 34.8 Å². The second kappa shape index (κ2) is 9.13. The standard InChI is InChI=1S/C23H22F3N5O2/c1-14(32)31-9-6-15(7-10-31)22(33)30-20-5-4-17(13-28-20)21-18(23(24,25)26)11-19(29-21)16-3-2-8-27-12-16/h2-5,8,11-13,15,21H,6-7,9-10H2,1H3,(H,28,30,33). The van der Waals surface area contributed by atoms with Gasteiger partial charge in [0.05, 0.1) is 11.3 Å². The van der Waals surface area contributed by atoms with E-state index in [1.54, 1.807) is 17.0 Å². The molecule has 0 aromatic carbocycles. The zero-order valence-corrected chi connectivity index (χ0v) is 17.8. The molecule has 1 atom stereocenters. The number of halogens is 3. The van der Waals surface area contributed by atoms with Crippen LogP contribution in [0, 0.1) is 5.92 Å². The maximum atomic E-state index is 13.7. The number of nitrogens with zero attached hydrogens (tertiary/aromatic N) is 4. The average Bonchev–Trinajstić information content (AvgIpc) is 3.26. The molecule has 0 aliphatic carbocycles. The van der Waals surface area contributed by atoms with Crippen molar-refractivity contribution in [3.8, 4) is 0 Å². The summed E-state index contributed by atoms with van der Waals surface area (Å²) in [6.45, 7) is 2.54. The molecule has 2 aliphatic rings. The SMILES string of the molecule is CC(=O)N1CCC(C(=O)Nc2ccc(C3N=C(c4cccnc4)C=C3C(F)(F)F)cn2)CC1. The van der Waals surface area contributed by atoms with E-state index in [9.17, 15) is 22.8 Å². The Hall–Kier alpha value is -3.56. The van der Waals surface area contributed by atoms with Crippen LogP contribution in [0.25, 0.3) is 0 Å². The van der Waals surface area contributed by atoms with Crippen LogP contribution in [-0.2, 0) is 9.59 Å². The monoisotopic (exact) mass is 457 g/mol. The molecule has 0 radical (unpaired) electrons. The Bertz CT molecular complexity index is 1090. The largest absolute Gasteiger partial charge is 0.415 e. The summed E-state index contributed by atoms with van der Waals surface area (Å²) >= 11 is 0. The van der Waals surface area contributed by atoms with Crippen molar-refractivity contribution in [2.24, 2.45) is 10.9 Å². The molecule has 0 bridgehead atoms. The van der Waals surface area contributed by atoms with Crippen LogP contribution in [0.2, 0.25) is 0 Å². The second-order valence-electron chi connectivity index (χ2n) is 8.00. The number of hydrogen-bond donors (Lipinski definition) is 1. The number of piperidine rings is 1. The maximum absolute atomic E-state index is 13.7. The quantitative estimate of drug-likeness (QED) is 0.758. The average molecular weight is 457 g/mol. The zero-order chi connectivity index (χ0) is 23.6. The van der Waals surface area contributed by atoms with Crippen molar-refractivity contribution in [2.75, 3.05) is 18.4 Å². The van der Waals surface area contributed by atoms with Gasteiger partial charge in [0.1, 0.15) is 11.9 Å². The Morgan fingerprint density at radius 3 is 2.45 bits per heavy atom. The first-order valence-electron chi connectivity index (χ1n) is 10.5. The van der Waals surface area contributed by atoms with Crippen molar-refractivity contribution in [3.05, 3.63) is 65.6 Å². The minimum atomic E-state index is -4.56. The van der Waals surface area contributed by atoms with Gasteiger partial charge in [-0.2, -0.15) is 13.2 Å². The van der Waals surface area contributed by atoms with E-state index in [1.165, 1.54) is 37.6 Å². The topological polar surface area (TPSA) is 87.5 Å². The second-order valence-corrected chi connectivity index (χ2v) is 8.00. The highest BCUT2D eigenvalue weighted by molar-refractivity contribution is 6.10. The van der Waals surface area contributed by atoms with Gasteiger partial charge in [-0.3, -0.25) is 19.6 Å². The van der Waals surface area contributed by atoms with Gasteiger partial charge in [0.15, 0.2) is 0 Å². The van der Waals surface area contributed by atoms with Gasteiger partial charge in [-0.05, 0) is 42.7 Å². The van der Waals surface area contributed by atoms with Crippen molar-refractivity contribution in [3.63, 3.8) is 0 Å². The summed E-state index contributed by atoms with van der Waals surface area (Å²) < 4.78 is 41.0. The van der Waals surface area contributed by atoms with E-state index in [4.69, 9.17) is 0 Å².